The molecule has 120 valence electrons. The number of imidazole rings is 1. The Morgan fingerprint density at radius 2 is 1.67 bits per heavy atom. The molecule has 0 amide bonds. The Balaban J connectivity index is 1.68. The molecule has 0 spiro atoms. The van der Waals surface area contributed by atoms with Gasteiger partial charge in [0.1, 0.15) is 0 Å². The van der Waals surface area contributed by atoms with Crippen LogP contribution >= 0.6 is 0 Å². The van der Waals surface area contributed by atoms with Gasteiger partial charge < -0.3 is 4.57 Å². The van der Waals surface area contributed by atoms with Crippen molar-refractivity contribution in [1.82, 2.24) is 9.55 Å². The van der Waals surface area contributed by atoms with Crippen molar-refractivity contribution in [3.8, 4) is 6.07 Å². The third-order valence-electron chi connectivity index (χ3n) is 6.34. The monoisotopic (exact) mass is 315 g/mol. The van der Waals surface area contributed by atoms with Crippen molar-refractivity contribution in [2.75, 3.05) is 0 Å². The third kappa shape index (κ3) is 2.13. The molecule has 0 radical (unpaired) electrons. The molecule has 4 aliphatic rings. The SMILES string of the molecule is N#Cc1ccc(C(=C2C3CC4CC(C3)CC2C4)n2ccnc2)cc1. The van der Waals surface area contributed by atoms with Gasteiger partial charge in [-0.25, -0.2) is 4.98 Å². The molecule has 0 aliphatic heterocycles. The van der Waals surface area contributed by atoms with E-state index in [1.54, 1.807) is 5.57 Å². The van der Waals surface area contributed by atoms with E-state index in [-0.39, 0.29) is 0 Å². The minimum absolute atomic E-state index is 0.721. The third-order valence-corrected chi connectivity index (χ3v) is 6.34. The summed E-state index contributed by atoms with van der Waals surface area (Å²) < 4.78 is 2.19. The van der Waals surface area contributed by atoms with Crippen molar-refractivity contribution in [1.29, 1.82) is 5.26 Å². The molecule has 6 rings (SSSR count). The summed E-state index contributed by atoms with van der Waals surface area (Å²) in [6.07, 6.45) is 12.8. The molecule has 0 unspecified atom stereocenters. The lowest BCUT2D eigenvalue weighted by Crippen LogP contribution is -2.41. The lowest BCUT2D eigenvalue weighted by atomic mass is 9.53. The normalized spacial score (nSPS) is 30.4. The fourth-order valence-electron chi connectivity index (χ4n) is 5.64. The van der Waals surface area contributed by atoms with Gasteiger partial charge in [-0.2, -0.15) is 5.26 Å². The van der Waals surface area contributed by atoms with E-state index < -0.39 is 0 Å². The molecule has 4 saturated carbocycles. The Hall–Kier alpha value is -2.34. The topological polar surface area (TPSA) is 41.6 Å². The van der Waals surface area contributed by atoms with Crippen molar-refractivity contribution >= 4 is 5.70 Å². The first kappa shape index (κ1) is 14.0. The maximum atomic E-state index is 9.09. The highest BCUT2D eigenvalue weighted by molar-refractivity contribution is 5.70. The van der Waals surface area contributed by atoms with E-state index in [0.717, 1.165) is 29.2 Å². The van der Waals surface area contributed by atoms with Crippen LogP contribution in [0.4, 0.5) is 0 Å². The van der Waals surface area contributed by atoms with E-state index in [9.17, 15) is 0 Å². The van der Waals surface area contributed by atoms with Gasteiger partial charge in [-0.15, -0.1) is 0 Å². The summed E-state index contributed by atoms with van der Waals surface area (Å²) in [5.41, 5.74) is 4.92. The van der Waals surface area contributed by atoms with Crippen LogP contribution in [0.1, 0.15) is 43.2 Å². The second-order valence-corrected chi connectivity index (χ2v) is 7.77. The van der Waals surface area contributed by atoms with Gasteiger partial charge in [-0.1, -0.05) is 12.1 Å². The fourth-order valence-corrected chi connectivity index (χ4v) is 5.64. The first-order valence-corrected chi connectivity index (χ1v) is 9.04. The van der Waals surface area contributed by atoms with Gasteiger partial charge in [0, 0.05) is 12.4 Å². The molecule has 1 aromatic carbocycles. The van der Waals surface area contributed by atoms with Gasteiger partial charge in [0.05, 0.1) is 23.7 Å². The molecule has 0 atom stereocenters. The van der Waals surface area contributed by atoms with Crippen LogP contribution in [-0.4, -0.2) is 9.55 Å². The van der Waals surface area contributed by atoms with Crippen LogP contribution in [0.2, 0.25) is 0 Å². The van der Waals surface area contributed by atoms with Gasteiger partial charge in [-0.3, -0.25) is 0 Å². The van der Waals surface area contributed by atoms with Gasteiger partial charge >= 0.3 is 0 Å². The van der Waals surface area contributed by atoms with Crippen LogP contribution in [0.3, 0.4) is 0 Å². The van der Waals surface area contributed by atoms with Crippen LogP contribution < -0.4 is 0 Å². The summed E-state index contributed by atoms with van der Waals surface area (Å²) >= 11 is 0. The van der Waals surface area contributed by atoms with E-state index >= 15 is 0 Å². The van der Waals surface area contributed by atoms with Gasteiger partial charge in [-0.05, 0) is 79.0 Å². The van der Waals surface area contributed by atoms with Gasteiger partial charge in [0.2, 0.25) is 0 Å². The number of allylic oxidation sites excluding steroid dienone is 1. The lowest BCUT2D eigenvalue weighted by Gasteiger charge is -2.52. The second kappa shape index (κ2) is 5.34. The summed E-state index contributed by atoms with van der Waals surface area (Å²) in [6, 6.07) is 10.3. The van der Waals surface area contributed by atoms with Crippen LogP contribution in [0.15, 0.2) is 48.6 Å². The molecule has 3 nitrogen and oxygen atoms in total. The molecule has 24 heavy (non-hydrogen) atoms. The highest BCUT2D eigenvalue weighted by Crippen LogP contribution is 2.57. The lowest BCUT2D eigenvalue weighted by molar-refractivity contribution is 0.0701. The molecule has 1 heterocycles. The average Bonchev–Trinajstić information content (AvgIpc) is 3.12. The van der Waals surface area contributed by atoms with E-state index in [2.05, 4.69) is 33.9 Å². The zero-order valence-electron chi connectivity index (χ0n) is 13.7. The smallest absolute Gasteiger partial charge is 0.0991 e. The first-order chi connectivity index (χ1) is 11.8. The quantitative estimate of drug-likeness (QED) is 0.820. The zero-order chi connectivity index (χ0) is 16.1. The molecule has 2 aromatic rings. The molecule has 1 aromatic heterocycles. The number of nitrogens with zero attached hydrogens (tertiary/aromatic N) is 3. The molecule has 4 fully saturated rings. The van der Waals surface area contributed by atoms with E-state index in [4.69, 9.17) is 5.26 Å². The molecular weight excluding hydrogens is 294 g/mol. The van der Waals surface area contributed by atoms with E-state index in [0.29, 0.717) is 0 Å². The summed E-state index contributed by atoms with van der Waals surface area (Å²) in [4.78, 5) is 4.29. The Morgan fingerprint density at radius 1 is 1.00 bits per heavy atom. The van der Waals surface area contributed by atoms with Crippen molar-refractivity contribution in [3.63, 3.8) is 0 Å². The maximum absolute atomic E-state index is 9.09. The highest BCUT2D eigenvalue weighted by atomic mass is 15.0. The van der Waals surface area contributed by atoms with E-state index in [1.165, 1.54) is 43.4 Å². The van der Waals surface area contributed by atoms with Crippen LogP contribution in [0.25, 0.3) is 5.70 Å². The van der Waals surface area contributed by atoms with E-state index in [1.807, 2.05) is 24.7 Å². The molecule has 0 N–H and O–H groups in total. The number of benzene rings is 1. The van der Waals surface area contributed by atoms with Crippen molar-refractivity contribution < 1.29 is 0 Å². The number of nitriles is 1. The second-order valence-electron chi connectivity index (χ2n) is 7.77. The largest absolute Gasteiger partial charge is 0.306 e. The van der Waals surface area contributed by atoms with Crippen molar-refractivity contribution in [2.45, 2.75) is 32.1 Å². The molecule has 3 heteroatoms. The minimum Gasteiger partial charge on any atom is -0.306 e. The summed E-state index contributed by atoms with van der Waals surface area (Å²) in [6.45, 7) is 0. The summed E-state index contributed by atoms with van der Waals surface area (Å²) in [5, 5.41) is 9.09. The maximum Gasteiger partial charge on any atom is 0.0991 e. The Kier molecular flexibility index (Phi) is 3.13. The Morgan fingerprint density at radius 3 is 2.21 bits per heavy atom. The number of rotatable bonds is 2. The summed E-state index contributed by atoms with van der Waals surface area (Å²) in [5.74, 6) is 3.41. The molecule has 4 bridgehead atoms. The van der Waals surface area contributed by atoms with Gasteiger partial charge in [0.25, 0.3) is 0 Å². The average molecular weight is 315 g/mol. The predicted molar refractivity (Wildman–Crippen MR) is 92.7 cm³/mol. The first-order valence-electron chi connectivity index (χ1n) is 9.04. The van der Waals surface area contributed by atoms with Crippen molar-refractivity contribution in [3.05, 3.63) is 59.7 Å². The Labute approximate surface area is 142 Å². The molecule has 0 saturated heterocycles. The summed E-state index contributed by atoms with van der Waals surface area (Å²) in [7, 11) is 0. The standard InChI is InChI=1S/C21H21N3/c22-12-14-1-3-17(4-2-14)21(24-6-5-23-13-24)20-18-8-15-7-16(10-18)11-19(20)9-15/h1-6,13,15-16,18-19H,7-11H2. The van der Waals surface area contributed by atoms with Crippen LogP contribution in [0.5, 0.6) is 0 Å². The fraction of sp³-hybridized carbons (Fsp3) is 0.429. The highest BCUT2D eigenvalue weighted by Gasteiger charge is 2.46. The predicted octanol–water partition coefficient (Wildman–Crippen LogP) is 4.47. The number of hydrogen-bond donors (Lipinski definition) is 0. The zero-order valence-corrected chi connectivity index (χ0v) is 13.7. The van der Waals surface area contributed by atoms with Crippen LogP contribution in [0, 0.1) is 35.0 Å². The Bertz CT molecular complexity index is 791. The van der Waals surface area contributed by atoms with Gasteiger partial charge in [0.15, 0.2) is 0 Å². The molecule has 4 aliphatic carbocycles. The minimum atomic E-state index is 0.721. The number of aromatic nitrogens is 2. The van der Waals surface area contributed by atoms with Crippen LogP contribution in [-0.2, 0) is 0 Å². The van der Waals surface area contributed by atoms with Crippen molar-refractivity contribution in [2.24, 2.45) is 23.7 Å². The molecular formula is C21H21N3. The number of hydrogen-bond acceptors (Lipinski definition) is 2.